The molecule has 0 aliphatic carbocycles. The maximum absolute atomic E-state index is 10.9. The minimum absolute atomic E-state index is 0.0270. The van der Waals surface area contributed by atoms with E-state index in [9.17, 15) is 10.1 Å². The summed E-state index contributed by atoms with van der Waals surface area (Å²) in [5, 5.41) is 17.1. The normalized spacial score (nSPS) is 11.9. The van der Waals surface area contributed by atoms with Crippen LogP contribution in [0.3, 0.4) is 0 Å². The van der Waals surface area contributed by atoms with Gasteiger partial charge in [0.15, 0.2) is 0 Å². The number of thiophene rings is 1. The van der Waals surface area contributed by atoms with Crippen molar-refractivity contribution in [3.63, 3.8) is 0 Å². The molecule has 0 saturated heterocycles. The van der Waals surface area contributed by atoms with Crippen LogP contribution in [0, 0.1) is 10.1 Å². The van der Waals surface area contributed by atoms with Crippen molar-refractivity contribution in [1.29, 1.82) is 0 Å². The second-order valence-corrected chi connectivity index (χ2v) is 6.03. The number of benzene rings is 1. The average molecular weight is 312 g/mol. The minimum atomic E-state index is -0.404. The quantitative estimate of drug-likeness (QED) is 0.629. The lowest BCUT2D eigenvalue weighted by atomic mass is 10.2. The molecule has 1 atom stereocenters. The summed E-state index contributed by atoms with van der Waals surface area (Å²) in [6.07, 6.45) is 0. The summed E-state index contributed by atoms with van der Waals surface area (Å²) in [5.41, 5.74) is 1.44. The van der Waals surface area contributed by atoms with Gasteiger partial charge in [0.05, 0.1) is 15.3 Å². The predicted octanol–water partition coefficient (Wildman–Crippen LogP) is 4.52. The fourth-order valence-electron chi connectivity index (χ4n) is 1.83. The minimum Gasteiger partial charge on any atom is -0.388 e. The highest BCUT2D eigenvalue weighted by molar-refractivity contribution is 7.16. The van der Waals surface area contributed by atoms with Gasteiger partial charge in [-0.05, 0) is 25.1 Å². The van der Waals surface area contributed by atoms with Crippen LogP contribution >= 0.6 is 22.9 Å². The van der Waals surface area contributed by atoms with Crippen LogP contribution in [0.2, 0.25) is 4.34 Å². The number of nitrogens with one attached hydrogen (secondary N) is 2. The zero-order valence-corrected chi connectivity index (χ0v) is 12.6. The molecule has 0 amide bonds. The van der Waals surface area contributed by atoms with Gasteiger partial charge in [-0.15, -0.1) is 11.3 Å². The Hall–Kier alpha value is -1.79. The standard InChI is InChI=1S/C13H14ClN3O2S/c1-8(12-3-4-13(14)20-12)16-10-5-9(15-2)6-11(7-10)17(18)19/h3-8,15-16H,1-2H3. The fourth-order valence-corrected chi connectivity index (χ4v) is 2.89. The van der Waals surface area contributed by atoms with Crippen LogP contribution in [0.4, 0.5) is 17.1 Å². The molecule has 0 fully saturated rings. The summed E-state index contributed by atoms with van der Waals surface area (Å²) < 4.78 is 0.726. The van der Waals surface area contributed by atoms with E-state index in [-0.39, 0.29) is 11.7 Å². The molecule has 1 unspecified atom stereocenters. The topological polar surface area (TPSA) is 67.2 Å². The van der Waals surface area contributed by atoms with Crippen LogP contribution < -0.4 is 10.6 Å². The molecule has 0 saturated carbocycles. The van der Waals surface area contributed by atoms with Crippen LogP contribution in [0.25, 0.3) is 0 Å². The van der Waals surface area contributed by atoms with Gasteiger partial charge in [-0.25, -0.2) is 0 Å². The second kappa shape index (κ2) is 6.11. The van der Waals surface area contributed by atoms with Crippen LogP contribution in [0.1, 0.15) is 17.8 Å². The molecule has 1 aromatic heterocycles. The molecule has 7 heteroatoms. The van der Waals surface area contributed by atoms with Gasteiger partial charge in [0.2, 0.25) is 0 Å². The van der Waals surface area contributed by atoms with Gasteiger partial charge in [-0.2, -0.15) is 0 Å². The van der Waals surface area contributed by atoms with E-state index in [1.807, 2.05) is 25.1 Å². The summed E-state index contributed by atoms with van der Waals surface area (Å²) in [6.45, 7) is 1.99. The van der Waals surface area contributed by atoms with E-state index in [1.165, 1.54) is 23.5 Å². The van der Waals surface area contributed by atoms with Crippen LogP contribution in [-0.4, -0.2) is 12.0 Å². The number of halogens is 1. The van der Waals surface area contributed by atoms with Gasteiger partial charge in [-0.3, -0.25) is 10.1 Å². The molecule has 1 aromatic carbocycles. The number of hydrogen-bond donors (Lipinski definition) is 2. The van der Waals surface area contributed by atoms with Gasteiger partial charge >= 0.3 is 0 Å². The highest BCUT2D eigenvalue weighted by atomic mass is 35.5. The van der Waals surface area contributed by atoms with Crippen LogP contribution in [-0.2, 0) is 0 Å². The first-order valence-corrected chi connectivity index (χ1v) is 7.18. The van der Waals surface area contributed by atoms with Crippen molar-refractivity contribution in [2.45, 2.75) is 13.0 Å². The predicted molar refractivity (Wildman–Crippen MR) is 84.0 cm³/mol. The number of nitrogens with zero attached hydrogens (tertiary/aromatic N) is 1. The molecule has 0 aliphatic rings. The molecule has 0 aliphatic heterocycles. The third-order valence-electron chi connectivity index (χ3n) is 2.82. The summed E-state index contributed by atoms with van der Waals surface area (Å²) in [4.78, 5) is 11.6. The monoisotopic (exact) mass is 311 g/mol. The molecule has 5 nitrogen and oxygen atoms in total. The smallest absolute Gasteiger partial charge is 0.273 e. The lowest BCUT2D eigenvalue weighted by Crippen LogP contribution is -2.05. The molecule has 2 rings (SSSR count). The zero-order chi connectivity index (χ0) is 14.7. The largest absolute Gasteiger partial charge is 0.388 e. The molecular weight excluding hydrogens is 298 g/mol. The van der Waals surface area contributed by atoms with E-state index < -0.39 is 4.92 Å². The number of hydrogen-bond acceptors (Lipinski definition) is 5. The van der Waals surface area contributed by atoms with E-state index >= 15 is 0 Å². The van der Waals surface area contributed by atoms with E-state index in [1.54, 1.807) is 7.05 Å². The van der Waals surface area contributed by atoms with E-state index in [0.29, 0.717) is 11.4 Å². The Bertz CT molecular complexity index is 630. The molecule has 106 valence electrons. The number of nitro groups is 1. The highest BCUT2D eigenvalue weighted by Crippen LogP contribution is 2.31. The van der Waals surface area contributed by atoms with Gasteiger partial charge in [-0.1, -0.05) is 11.6 Å². The van der Waals surface area contributed by atoms with Gasteiger partial charge in [0.1, 0.15) is 0 Å². The summed E-state index contributed by atoms with van der Waals surface area (Å²) in [7, 11) is 1.73. The molecule has 2 aromatic rings. The Morgan fingerprint density at radius 1 is 1.30 bits per heavy atom. The summed E-state index contributed by atoms with van der Waals surface area (Å²) >= 11 is 7.40. The number of nitro benzene ring substituents is 1. The molecule has 1 heterocycles. The first-order chi connectivity index (χ1) is 9.49. The first kappa shape index (κ1) is 14.6. The van der Waals surface area contributed by atoms with Crippen molar-refractivity contribution in [2.75, 3.05) is 17.7 Å². The maximum Gasteiger partial charge on any atom is 0.273 e. The molecular formula is C13H14ClN3O2S. The van der Waals surface area contributed by atoms with Gasteiger partial charge in [0, 0.05) is 35.4 Å². The summed E-state index contributed by atoms with van der Waals surface area (Å²) in [6, 6.07) is 8.66. The third-order valence-corrected chi connectivity index (χ3v) is 4.24. The number of non-ortho nitro benzene ring substituents is 1. The lowest BCUT2D eigenvalue weighted by Gasteiger charge is -2.14. The third kappa shape index (κ3) is 3.40. The first-order valence-electron chi connectivity index (χ1n) is 5.98. The molecule has 0 bridgehead atoms. The average Bonchev–Trinajstić information content (AvgIpc) is 2.85. The fraction of sp³-hybridized carbons (Fsp3) is 0.231. The second-order valence-electron chi connectivity index (χ2n) is 4.28. The van der Waals surface area contributed by atoms with Crippen LogP contribution in [0.15, 0.2) is 30.3 Å². The Morgan fingerprint density at radius 3 is 2.55 bits per heavy atom. The van der Waals surface area contributed by atoms with Crippen LogP contribution in [0.5, 0.6) is 0 Å². The lowest BCUT2D eigenvalue weighted by molar-refractivity contribution is -0.384. The van der Waals surface area contributed by atoms with Crippen molar-refractivity contribution in [3.8, 4) is 0 Å². The van der Waals surface area contributed by atoms with E-state index in [4.69, 9.17) is 11.6 Å². The number of rotatable bonds is 5. The molecule has 0 radical (unpaired) electrons. The molecule has 0 spiro atoms. The van der Waals surface area contributed by atoms with Crippen molar-refractivity contribution >= 4 is 40.0 Å². The van der Waals surface area contributed by atoms with Crippen molar-refractivity contribution in [1.82, 2.24) is 0 Å². The highest BCUT2D eigenvalue weighted by Gasteiger charge is 2.13. The Labute approximate surface area is 125 Å². The molecule has 20 heavy (non-hydrogen) atoms. The SMILES string of the molecule is CNc1cc(NC(C)c2ccc(Cl)s2)cc([N+](=O)[O-])c1. The van der Waals surface area contributed by atoms with Gasteiger partial charge < -0.3 is 10.6 Å². The summed E-state index contributed by atoms with van der Waals surface area (Å²) in [5.74, 6) is 0. The zero-order valence-electron chi connectivity index (χ0n) is 11.0. The Balaban J connectivity index is 2.24. The van der Waals surface area contributed by atoms with E-state index in [0.717, 1.165) is 9.21 Å². The molecule has 2 N–H and O–H groups in total. The Kier molecular flexibility index (Phi) is 4.46. The Morgan fingerprint density at radius 2 is 2.00 bits per heavy atom. The number of anilines is 2. The van der Waals surface area contributed by atoms with E-state index in [2.05, 4.69) is 10.6 Å². The van der Waals surface area contributed by atoms with Crippen molar-refractivity contribution < 1.29 is 4.92 Å². The van der Waals surface area contributed by atoms with Crippen molar-refractivity contribution in [3.05, 3.63) is 49.7 Å². The maximum atomic E-state index is 10.9. The van der Waals surface area contributed by atoms with Crippen molar-refractivity contribution in [2.24, 2.45) is 0 Å². The van der Waals surface area contributed by atoms with Gasteiger partial charge in [0.25, 0.3) is 5.69 Å².